The minimum absolute atomic E-state index is 0.0746. The van der Waals surface area contributed by atoms with Crippen LogP contribution >= 0.6 is 0 Å². The maximum atomic E-state index is 11.3. The fourth-order valence-corrected chi connectivity index (χ4v) is 1.01. The zero-order chi connectivity index (χ0) is 12.8. The highest BCUT2D eigenvalue weighted by molar-refractivity contribution is 5.80. The fraction of sp³-hybridized carbons (Fsp3) is 0.556. The van der Waals surface area contributed by atoms with Crippen LogP contribution in [0.3, 0.4) is 0 Å². The number of nitrogens with one attached hydrogen (secondary N) is 4. The van der Waals surface area contributed by atoms with Gasteiger partial charge in [-0.05, 0) is 5.92 Å². The molecule has 0 aliphatic carbocycles. The first-order chi connectivity index (χ1) is 7.99. The Balaban J connectivity index is 2.48. The largest absolute Gasteiger partial charge is 0.355 e. The van der Waals surface area contributed by atoms with Gasteiger partial charge >= 0.3 is 5.69 Å². The number of hydrogen-bond acceptors (Lipinski definition) is 5. The van der Waals surface area contributed by atoms with Crippen LogP contribution in [0, 0.1) is 5.92 Å². The van der Waals surface area contributed by atoms with Crippen LogP contribution in [0.25, 0.3) is 0 Å². The van der Waals surface area contributed by atoms with Gasteiger partial charge in [-0.1, -0.05) is 13.8 Å². The molecule has 0 fully saturated rings. The van der Waals surface area contributed by atoms with Gasteiger partial charge in [-0.3, -0.25) is 14.6 Å². The maximum Gasteiger partial charge on any atom is 0.342 e. The lowest BCUT2D eigenvalue weighted by Crippen LogP contribution is -2.35. The van der Waals surface area contributed by atoms with Crippen molar-refractivity contribution in [3.8, 4) is 0 Å². The topological polar surface area (TPSA) is 120 Å². The molecular weight excluding hydrogens is 226 g/mol. The summed E-state index contributed by atoms with van der Waals surface area (Å²) in [6.07, 6.45) is 0. The van der Waals surface area contributed by atoms with Crippen molar-refractivity contribution >= 4 is 11.7 Å². The molecule has 94 valence electrons. The highest BCUT2D eigenvalue weighted by Gasteiger charge is 2.05. The molecule has 0 aliphatic rings. The predicted octanol–water partition coefficient (Wildman–Crippen LogP) is -1.36. The minimum Gasteiger partial charge on any atom is -0.355 e. The number of aromatic amines is 2. The van der Waals surface area contributed by atoms with E-state index in [0.29, 0.717) is 12.5 Å². The first-order valence-corrected chi connectivity index (χ1v) is 5.18. The standard InChI is InChI=1S/C9H15N5O3/c1-5(2)3-10-6(15)4-11-7-8(16)12-9(17)14-13-7/h5H,3-4H2,1-2H3,(H,10,15)(H,11,13)(H2,12,14,16,17). The normalized spacial score (nSPS) is 10.3. The molecule has 0 radical (unpaired) electrons. The number of carbonyl (C=O) groups is 1. The molecule has 1 aromatic heterocycles. The quantitative estimate of drug-likeness (QED) is 0.507. The number of carbonyl (C=O) groups excluding carboxylic acids is 1. The van der Waals surface area contributed by atoms with Gasteiger partial charge in [0.1, 0.15) is 0 Å². The molecule has 0 aliphatic heterocycles. The third-order valence-electron chi connectivity index (χ3n) is 1.84. The Morgan fingerprint density at radius 2 is 2.12 bits per heavy atom. The number of aromatic nitrogens is 3. The van der Waals surface area contributed by atoms with E-state index in [2.05, 4.69) is 20.8 Å². The highest BCUT2D eigenvalue weighted by atomic mass is 16.2. The summed E-state index contributed by atoms with van der Waals surface area (Å²) >= 11 is 0. The van der Waals surface area contributed by atoms with Gasteiger partial charge in [-0.15, -0.1) is 5.10 Å². The number of hydrogen-bond donors (Lipinski definition) is 4. The average Bonchev–Trinajstić information content (AvgIpc) is 2.25. The third kappa shape index (κ3) is 4.49. The lowest BCUT2D eigenvalue weighted by Gasteiger charge is -2.07. The van der Waals surface area contributed by atoms with Crippen LogP contribution in [0.15, 0.2) is 9.59 Å². The van der Waals surface area contributed by atoms with Crippen LogP contribution in [-0.2, 0) is 4.79 Å². The Kier molecular flexibility index (Phi) is 4.44. The Hall–Kier alpha value is -2.12. The zero-order valence-corrected chi connectivity index (χ0v) is 9.66. The molecule has 1 rings (SSSR count). The smallest absolute Gasteiger partial charge is 0.342 e. The fourth-order valence-electron chi connectivity index (χ4n) is 1.01. The molecule has 0 aromatic carbocycles. The molecule has 0 bridgehead atoms. The summed E-state index contributed by atoms with van der Waals surface area (Å²) in [5.41, 5.74) is -1.35. The summed E-state index contributed by atoms with van der Waals surface area (Å²) in [7, 11) is 0. The monoisotopic (exact) mass is 241 g/mol. The summed E-state index contributed by atoms with van der Waals surface area (Å²) in [6.45, 7) is 4.44. The second-order valence-corrected chi connectivity index (χ2v) is 3.91. The number of H-pyrrole nitrogens is 2. The van der Waals surface area contributed by atoms with E-state index < -0.39 is 11.2 Å². The molecule has 0 unspecified atom stereocenters. The van der Waals surface area contributed by atoms with Crippen LogP contribution in [0.2, 0.25) is 0 Å². The lowest BCUT2D eigenvalue weighted by atomic mass is 10.2. The predicted molar refractivity (Wildman–Crippen MR) is 61.8 cm³/mol. The average molecular weight is 241 g/mol. The van der Waals surface area contributed by atoms with Gasteiger partial charge < -0.3 is 10.6 Å². The molecule has 8 nitrogen and oxygen atoms in total. The van der Waals surface area contributed by atoms with E-state index in [-0.39, 0.29) is 18.3 Å². The van der Waals surface area contributed by atoms with Crippen molar-refractivity contribution in [2.75, 3.05) is 18.4 Å². The molecule has 0 saturated carbocycles. The van der Waals surface area contributed by atoms with Gasteiger partial charge in [0.05, 0.1) is 6.54 Å². The Morgan fingerprint density at radius 3 is 2.71 bits per heavy atom. The van der Waals surface area contributed by atoms with Crippen LogP contribution in [0.1, 0.15) is 13.8 Å². The van der Waals surface area contributed by atoms with Crippen molar-refractivity contribution < 1.29 is 4.79 Å². The van der Waals surface area contributed by atoms with Gasteiger partial charge in [0.15, 0.2) is 0 Å². The highest BCUT2D eigenvalue weighted by Crippen LogP contribution is 1.88. The molecule has 1 aromatic rings. The van der Waals surface area contributed by atoms with E-state index in [1.165, 1.54) is 0 Å². The number of nitrogens with zero attached hydrogens (tertiary/aromatic N) is 1. The summed E-state index contributed by atoms with van der Waals surface area (Å²) in [5.74, 6) is 0.0176. The Morgan fingerprint density at radius 1 is 1.41 bits per heavy atom. The van der Waals surface area contributed by atoms with Crippen LogP contribution in [0.4, 0.5) is 5.82 Å². The van der Waals surface area contributed by atoms with Crippen molar-refractivity contribution in [3.63, 3.8) is 0 Å². The molecular formula is C9H15N5O3. The van der Waals surface area contributed by atoms with Crippen LogP contribution in [-0.4, -0.2) is 34.2 Å². The summed E-state index contributed by atoms with van der Waals surface area (Å²) in [4.78, 5) is 35.2. The number of rotatable bonds is 5. The van der Waals surface area contributed by atoms with E-state index in [0.717, 1.165) is 0 Å². The first kappa shape index (κ1) is 12.9. The van der Waals surface area contributed by atoms with Gasteiger partial charge in [0.25, 0.3) is 5.56 Å². The van der Waals surface area contributed by atoms with Gasteiger partial charge in [0.2, 0.25) is 11.7 Å². The Labute approximate surface area is 96.8 Å². The summed E-state index contributed by atoms with van der Waals surface area (Å²) < 4.78 is 0. The Bertz CT molecular complexity index is 490. The summed E-state index contributed by atoms with van der Waals surface area (Å²) in [5, 5.41) is 10.7. The molecule has 0 saturated heterocycles. The van der Waals surface area contributed by atoms with Crippen molar-refractivity contribution in [1.82, 2.24) is 20.5 Å². The number of amides is 1. The van der Waals surface area contributed by atoms with E-state index >= 15 is 0 Å². The van der Waals surface area contributed by atoms with Crippen LogP contribution < -0.4 is 21.9 Å². The molecule has 4 N–H and O–H groups in total. The molecule has 17 heavy (non-hydrogen) atoms. The van der Waals surface area contributed by atoms with Gasteiger partial charge in [0, 0.05) is 6.54 Å². The summed E-state index contributed by atoms with van der Waals surface area (Å²) in [6, 6.07) is 0. The number of anilines is 1. The second kappa shape index (κ2) is 5.83. The molecule has 0 spiro atoms. The van der Waals surface area contributed by atoms with E-state index in [1.807, 2.05) is 18.8 Å². The first-order valence-electron chi connectivity index (χ1n) is 5.18. The van der Waals surface area contributed by atoms with E-state index in [1.54, 1.807) is 0 Å². The second-order valence-electron chi connectivity index (χ2n) is 3.91. The minimum atomic E-state index is -0.690. The molecule has 1 heterocycles. The molecule has 0 atom stereocenters. The van der Waals surface area contributed by atoms with Crippen molar-refractivity contribution in [2.45, 2.75) is 13.8 Å². The van der Waals surface area contributed by atoms with Crippen molar-refractivity contribution in [3.05, 3.63) is 20.8 Å². The molecule has 1 amide bonds. The third-order valence-corrected chi connectivity index (χ3v) is 1.84. The lowest BCUT2D eigenvalue weighted by molar-refractivity contribution is -0.119. The van der Waals surface area contributed by atoms with Crippen molar-refractivity contribution in [2.24, 2.45) is 5.92 Å². The maximum absolute atomic E-state index is 11.3. The van der Waals surface area contributed by atoms with E-state index in [4.69, 9.17) is 0 Å². The van der Waals surface area contributed by atoms with Gasteiger partial charge in [-0.2, -0.15) is 0 Å². The SMILES string of the molecule is CC(C)CNC(=O)CNc1n[nH]c(=O)[nH]c1=O. The van der Waals surface area contributed by atoms with Crippen LogP contribution in [0.5, 0.6) is 0 Å². The zero-order valence-electron chi connectivity index (χ0n) is 9.66. The molecule has 8 heteroatoms. The van der Waals surface area contributed by atoms with Crippen molar-refractivity contribution in [1.29, 1.82) is 0 Å². The van der Waals surface area contributed by atoms with E-state index in [9.17, 15) is 14.4 Å². The van der Waals surface area contributed by atoms with Gasteiger partial charge in [-0.25, -0.2) is 9.89 Å².